The number of allylic oxidation sites excluding steroid dienone is 2. The Morgan fingerprint density at radius 3 is 1.65 bits per heavy atom. The molecule has 0 aromatic heterocycles. The first kappa shape index (κ1) is 17.5. The van der Waals surface area contributed by atoms with Gasteiger partial charge in [-0.3, -0.25) is 0 Å². The molecule has 2 aromatic carbocycles. The molecule has 23 heavy (non-hydrogen) atoms. The minimum absolute atomic E-state index is 0.0269. The van der Waals surface area contributed by atoms with Crippen molar-refractivity contribution in [1.82, 2.24) is 0 Å². The first-order valence-corrected chi connectivity index (χ1v) is 10.3. The molecule has 0 spiro atoms. The molecule has 0 heterocycles. The van der Waals surface area contributed by atoms with Crippen LogP contribution < -0.4 is 10.4 Å². The second kappa shape index (κ2) is 7.18. The standard InChI is InChI=1S/C21H28OSi/c1-6-18(7-2)22-23(21(3,4)5,19-14-10-8-11-15-19)20-16-12-9-13-17-20/h6,8-17H,7H2,1-5H3/b18-6+. The summed E-state index contributed by atoms with van der Waals surface area (Å²) >= 11 is 0. The molecule has 0 radical (unpaired) electrons. The zero-order valence-corrected chi connectivity index (χ0v) is 16.0. The van der Waals surface area contributed by atoms with Crippen molar-refractivity contribution in [3.8, 4) is 0 Å². The highest BCUT2D eigenvalue weighted by molar-refractivity contribution is 6.99. The minimum Gasteiger partial charge on any atom is -0.537 e. The highest BCUT2D eigenvalue weighted by Crippen LogP contribution is 2.38. The second-order valence-electron chi connectivity index (χ2n) is 6.87. The van der Waals surface area contributed by atoms with Crippen molar-refractivity contribution in [2.24, 2.45) is 0 Å². The lowest BCUT2D eigenvalue weighted by atomic mass is 10.2. The van der Waals surface area contributed by atoms with Crippen molar-refractivity contribution in [3.63, 3.8) is 0 Å². The summed E-state index contributed by atoms with van der Waals surface area (Å²) in [4.78, 5) is 0. The van der Waals surface area contributed by atoms with Gasteiger partial charge in [0.25, 0.3) is 0 Å². The van der Waals surface area contributed by atoms with Crippen molar-refractivity contribution in [1.29, 1.82) is 0 Å². The maximum absolute atomic E-state index is 6.87. The van der Waals surface area contributed by atoms with Crippen molar-refractivity contribution in [2.75, 3.05) is 0 Å². The minimum atomic E-state index is -2.42. The molecule has 2 aromatic rings. The van der Waals surface area contributed by atoms with Crippen LogP contribution in [0.25, 0.3) is 0 Å². The second-order valence-corrected chi connectivity index (χ2v) is 11.1. The van der Waals surface area contributed by atoms with Crippen LogP contribution in [0.3, 0.4) is 0 Å². The quantitative estimate of drug-likeness (QED) is 0.563. The molecule has 0 amide bonds. The van der Waals surface area contributed by atoms with Crippen LogP contribution in [0.4, 0.5) is 0 Å². The largest absolute Gasteiger partial charge is 0.537 e. The van der Waals surface area contributed by atoms with E-state index in [0.29, 0.717) is 0 Å². The monoisotopic (exact) mass is 324 g/mol. The van der Waals surface area contributed by atoms with Gasteiger partial charge in [-0.05, 0) is 22.3 Å². The SMILES string of the molecule is C/C=C(\CC)O[Si](c1ccccc1)(c1ccccc1)C(C)(C)C. The van der Waals surface area contributed by atoms with E-state index in [1.165, 1.54) is 10.4 Å². The summed E-state index contributed by atoms with van der Waals surface area (Å²) in [7, 11) is -2.42. The fourth-order valence-electron chi connectivity index (χ4n) is 3.18. The van der Waals surface area contributed by atoms with Gasteiger partial charge in [-0.25, -0.2) is 0 Å². The molecule has 0 fully saturated rings. The van der Waals surface area contributed by atoms with E-state index in [1.54, 1.807) is 0 Å². The van der Waals surface area contributed by atoms with E-state index in [9.17, 15) is 0 Å². The van der Waals surface area contributed by atoms with Gasteiger partial charge in [-0.1, -0.05) is 94.4 Å². The van der Waals surface area contributed by atoms with Crippen LogP contribution in [0.2, 0.25) is 5.04 Å². The highest BCUT2D eigenvalue weighted by atomic mass is 28.4. The van der Waals surface area contributed by atoms with Gasteiger partial charge in [0.05, 0.1) is 5.76 Å². The number of hydrogen-bond donors (Lipinski definition) is 0. The van der Waals surface area contributed by atoms with Crippen molar-refractivity contribution in [3.05, 3.63) is 72.5 Å². The molecule has 2 heteroatoms. The molecule has 122 valence electrons. The number of hydrogen-bond acceptors (Lipinski definition) is 1. The van der Waals surface area contributed by atoms with Crippen LogP contribution in [0, 0.1) is 0 Å². The predicted molar refractivity (Wildman–Crippen MR) is 103 cm³/mol. The van der Waals surface area contributed by atoms with E-state index in [-0.39, 0.29) is 5.04 Å². The normalized spacial score (nSPS) is 13.0. The topological polar surface area (TPSA) is 9.23 Å². The third-order valence-corrected chi connectivity index (χ3v) is 9.34. The molecule has 0 unspecified atom stereocenters. The molecule has 0 aliphatic carbocycles. The summed E-state index contributed by atoms with van der Waals surface area (Å²) in [6, 6.07) is 21.6. The van der Waals surface area contributed by atoms with Crippen LogP contribution >= 0.6 is 0 Å². The van der Waals surface area contributed by atoms with Crippen molar-refractivity contribution >= 4 is 18.7 Å². The third-order valence-electron chi connectivity index (χ3n) is 4.37. The van der Waals surface area contributed by atoms with Crippen LogP contribution in [0.15, 0.2) is 72.5 Å². The lowest BCUT2D eigenvalue weighted by Gasteiger charge is -2.43. The molecule has 0 aliphatic heterocycles. The Labute approximate surface area is 142 Å². The molecule has 0 atom stereocenters. The first-order chi connectivity index (χ1) is 11.0. The van der Waals surface area contributed by atoms with Crippen LogP contribution in [-0.4, -0.2) is 8.32 Å². The average molecular weight is 325 g/mol. The lowest BCUT2D eigenvalue weighted by molar-refractivity contribution is 0.382. The molecular weight excluding hydrogens is 296 g/mol. The fourth-order valence-corrected chi connectivity index (χ4v) is 7.77. The maximum Gasteiger partial charge on any atom is 0.319 e. The van der Waals surface area contributed by atoms with Gasteiger partial charge in [0.15, 0.2) is 0 Å². The third kappa shape index (κ3) is 3.42. The van der Waals surface area contributed by atoms with Gasteiger partial charge in [0.2, 0.25) is 0 Å². The Balaban J connectivity index is 2.75. The maximum atomic E-state index is 6.87. The van der Waals surface area contributed by atoms with Crippen LogP contribution in [0.5, 0.6) is 0 Å². The Bertz CT molecular complexity index is 599. The van der Waals surface area contributed by atoms with E-state index in [4.69, 9.17) is 4.43 Å². The summed E-state index contributed by atoms with van der Waals surface area (Å²) in [5.74, 6) is 1.08. The van der Waals surface area contributed by atoms with Gasteiger partial charge in [0, 0.05) is 6.42 Å². The van der Waals surface area contributed by atoms with E-state index in [2.05, 4.69) is 101 Å². The Kier molecular flexibility index (Phi) is 5.48. The van der Waals surface area contributed by atoms with Gasteiger partial charge < -0.3 is 4.43 Å². The molecule has 0 saturated carbocycles. The molecule has 2 rings (SSSR count). The summed E-state index contributed by atoms with van der Waals surface area (Å²) < 4.78 is 6.87. The summed E-state index contributed by atoms with van der Waals surface area (Å²) in [6.07, 6.45) is 3.03. The van der Waals surface area contributed by atoms with Gasteiger partial charge in [-0.15, -0.1) is 0 Å². The smallest absolute Gasteiger partial charge is 0.319 e. The van der Waals surface area contributed by atoms with Crippen molar-refractivity contribution in [2.45, 2.75) is 46.1 Å². The van der Waals surface area contributed by atoms with E-state index in [0.717, 1.165) is 12.2 Å². The first-order valence-electron chi connectivity index (χ1n) is 8.41. The zero-order chi connectivity index (χ0) is 16.9. The number of benzene rings is 2. The lowest BCUT2D eigenvalue weighted by Crippen LogP contribution is -2.66. The van der Waals surface area contributed by atoms with E-state index < -0.39 is 8.32 Å². The summed E-state index contributed by atoms with van der Waals surface area (Å²) in [6.45, 7) is 11.1. The highest BCUT2D eigenvalue weighted by Gasteiger charge is 2.52. The van der Waals surface area contributed by atoms with Crippen molar-refractivity contribution < 1.29 is 4.43 Å². The van der Waals surface area contributed by atoms with Gasteiger partial charge >= 0.3 is 8.32 Å². The van der Waals surface area contributed by atoms with Crippen LogP contribution in [-0.2, 0) is 4.43 Å². The average Bonchev–Trinajstić information content (AvgIpc) is 2.57. The molecule has 0 saturated heterocycles. The Morgan fingerprint density at radius 1 is 0.913 bits per heavy atom. The Morgan fingerprint density at radius 2 is 1.35 bits per heavy atom. The zero-order valence-electron chi connectivity index (χ0n) is 15.0. The van der Waals surface area contributed by atoms with Gasteiger partial charge in [-0.2, -0.15) is 0 Å². The van der Waals surface area contributed by atoms with Crippen LogP contribution in [0.1, 0.15) is 41.0 Å². The Hall–Kier alpha value is -1.80. The van der Waals surface area contributed by atoms with E-state index >= 15 is 0 Å². The van der Waals surface area contributed by atoms with E-state index in [1.807, 2.05) is 0 Å². The molecule has 0 N–H and O–H groups in total. The van der Waals surface area contributed by atoms with Gasteiger partial charge in [0.1, 0.15) is 0 Å². The number of rotatable bonds is 5. The summed E-state index contributed by atoms with van der Waals surface area (Å²) in [5.41, 5.74) is 0. The fraction of sp³-hybridized carbons (Fsp3) is 0.333. The molecular formula is C21H28OSi. The summed E-state index contributed by atoms with van der Waals surface area (Å²) in [5, 5.41) is 2.68. The molecule has 0 bridgehead atoms. The molecule has 1 nitrogen and oxygen atoms in total. The predicted octanol–water partition coefficient (Wildman–Crippen LogP) is 4.88. The molecule has 0 aliphatic rings.